The summed E-state index contributed by atoms with van der Waals surface area (Å²) < 4.78 is 5.40. The first kappa shape index (κ1) is 11.0. The second-order valence-electron chi connectivity index (χ2n) is 4.41. The van der Waals surface area contributed by atoms with Crippen LogP contribution in [-0.4, -0.2) is 23.2 Å². The van der Waals surface area contributed by atoms with Gasteiger partial charge in [-0.15, -0.1) is 0 Å². The molecule has 2 N–H and O–H groups in total. The number of H-pyrrole nitrogens is 2. The van der Waals surface area contributed by atoms with Crippen LogP contribution in [0.1, 0.15) is 16.8 Å². The SMILES string of the molecule is O=c1[nH]c2ccc(C(Br)C3CCOC3)cc2[nH]1. The minimum atomic E-state index is -0.160. The predicted octanol–water partition coefficient (Wildman–Crippen LogP) is 2.33. The lowest BCUT2D eigenvalue weighted by molar-refractivity contribution is 0.185. The molecule has 17 heavy (non-hydrogen) atoms. The molecule has 2 atom stereocenters. The number of aromatic amines is 2. The third kappa shape index (κ3) is 2.05. The normalized spacial score (nSPS) is 22.1. The zero-order chi connectivity index (χ0) is 11.8. The van der Waals surface area contributed by atoms with Crippen molar-refractivity contribution in [2.75, 3.05) is 13.2 Å². The largest absolute Gasteiger partial charge is 0.381 e. The summed E-state index contributed by atoms with van der Waals surface area (Å²) in [4.78, 5) is 17.0. The van der Waals surface area contributed by atoms with Crippen molar-refractivity contribution in [2.45, 2.75) is 11.2 Å². The molecule has 3 rings (SSSR count). The van der Waals surface area contributed by atoms with Crippen LogP contribution in [0.2, 0.25) is 0 Å². The van der Waals surface area contributed by atoms with Crippen LogP contribution in [0.5, 0.6) is 0 Å². The fourth-order valence-corrected chi connectivity index (χ4v) is 2.98. The highest BCUT2D eigenvalue weighted by molar-refractivity contribution is 9.09. The van der Waals surface area contributed by atoms with E-state index >= 15 is 0 Å². The first-order chi connectivity index (χ1) is 8.24. The fraction of sp³-hybridized carbons (Fsp3) is 0.417. The second-order valence-corrected chi connectivity index (χ2v) is 5.40. The Morgan fingerprint density at radius 2 is 2.18 bits per heavy atom. The van der Waals surface area contributed by atoms with E-state index in [0.29, 0.717) is 5.92 Å². The lowest BCUT2D eigenvalue weighted by atomic mass is 9.98. The molecule has 1 aliphatic rings. The van der Waals surface area contributed by atoms with Crippen molar-refractivity contribution in [3.63, 3.8) is 0 Å². The first-order valence-corrected chi connectivity index (χ1v) is 6.59. The second kappa shape index (κ2) is 4.31. The Labute approximate surface area is 107 Å². The Bertz CT molecular complexity index is 583. The zero-order valence-corrected chi connectivity index (χ0v) is 10.8. The van der Waals surface area contributed by atoms with Gasteiger partial charge in [0, 0.05) is 17.4 Å². The summed E-state index contributed by atoms with van der Waals surface area (Å²) in [5.41, 5.74) is 2.73. The number of hydrogen-bond donors (Lipinski definition) is 2. The average Bonchev–Trinajstić information content (AvgIpc) is 2.94. The molecular formula is C12H13BrN2O2. The molecule has 0 amide bonds. The van der Waals surface area contributed by atoms with Crippen LogP contribution in [-0.2, 0) is 4.74 Å². The summed E-state index contributed by atoms with van der Waals surface area (Å²) in [5.74, 6) is 0.512. The third-order valence-electron chi connectivity index (χ3n) is 3.24. The molecule has 4 nitrogen and oxygen atoms in total. The molecular weight excluding hydrogens is 284 g/mol. The number of hydrogen-bond acceptors (Lipinski definition) is 2. The maximum absolute atomic E-state index is 11.2. The standard InChI is InChI=1S/C12H13BrN2O2/c13-11(8-3-4-17-6-8)7-1-2-9-10(5-7)15-12(16)14-9/h1-2,5,8,11H,3-4,6H2,(H2,14,15,16). The van der Waals surface area contributed by atoms with Crippen LogP contribution in [0.4, 0.5) is 0 Å². The smallest absolute Gasteiger partial charge is 0.323 e. The molecule has 0 aliphatic carbocycles. The van der Waals surface area contributed by atoms with Gasteiger partial charge in [-0.2, -0.15) is 0 Å². The van der Waals surface area contributed by atoms with E-state index in [4.69, 9.17) is 4.74 Å². The minimum absolute atomic E-state index is 0.160. The molecule has 90 valence electrons. The van der Waals surface area contributed by atoms with Gasteiger partial charge in [-0.1, -0.05) is 22.0 Å². The Morgan fingerprint density at radius 3 is 2.94 bits per heavy atom. The minimum Gasteiger partial charge on any atom is -0.381 e. The molecule has 2 heterocycles. The van der Waals surface area contributed by atoms with Crippen LogP contribution in [0.15, 0.2) is 23.0 Å². The Balaban J connectivity index is 1.96. The van der Waals surface area contributed by atoms with Crippen molar-refractivity contribution < 1.29 is 4.74 Å². The Morgan fingerprint density at radius 1 is 1.35 bits per heavy atom. The van der Waals surface area contributed by atoms with Crippen LogP contribution in [0.25, 0.3) is 11.0 Å². The molecule has 2 unspecified atom stereocenters. The summed E-state index contributed by atoms with van der Waals surface area (Å²) in [6.45, 7) is 1.65. The average molecular weight is 297 g/mol. The van der Waals surface area contributed by atoms with E-state index in [1.165, 1.54) is 5.56 Å². The van der Waals surface area contributed by atoms with Gasteiger partial charge in [0.1, 0.15) is 0 Å². The highest BCUT2D eigenvalue weighted by atomic mass is 79.9. The molecule has 5 heteroatoms. The molecule has 1 fully saturated rings. The first-order valence-electron chi connectivity index (χ1n) is 5.68. The van der Waals surface area contributed by atoms with Crippen molar-refractivity contribution in [3.8, 4) is 0 Å². The van der Waals surface area contributed by atoms with Crippen molar-refractivity contribution >= 4 is 27.0 Å². The molecule has 1 aromatic heterocycles. The third-order valence-corrected chi connectivity index (χ3v) is 4.51. The molecule has 1 saturated heterocycles. The molecule has 1 aliphatic heterocycles. The predicted molar refractivity (Wildman–Crippen MR) is 69.5 cm³/mol. The van der Waals surface area contributed by atoms with Gasteiger partial charge in [-0.25, -0.2) is 4.79 Å². The lowest BCUT2D eigenvalue weighted by Gasteiger charge is -2.16. The molecule has 2 aromatic rings. The van der Waals surface area contributed by atoms with E-state index in [1.807, 2.05) is 18.2 Å². The molecule has 0 bridgehead atoms. The summed E-state index contributed by atoms with van der Waals surface area (Å²) in [6.07, 6.45) is 1.08. The van der Waals surface area contributed by atoms with Crippen molar-refractivity contribution in [1.82, 2.24) is 9.97 Å². The monoisotopic (exact) mass is 296 g/mol. The number of fused-ring (bicyclic) bond motifs is 1. The van der Waals surface area contributed by atoms with E-state index in [2.05, 4.69) is 25.9 Å². The number of ether oxygens (including phenoxy) is 1. The van der Waals surface area contributed by atoms with E-state index in [0.717, 1.165) is 30.7 Å². The number of nitrogens with one attached hydrogen (secondary N) is 2. The summed E-state index contributed by atoms with van der Waals surface area (Å²) in [6, 6.07) is 6.00. The van der Waals surface area contributed by atoms with Gasteiger partial charge in [0.2, 0.25) is 0 Å². The maximum Gasteiger partial charge on any atom is 0.323 e. The van der Waals surface area contributed by atoms with E-state index in [-0.39, 0.29) is 10.5 Å². The molecule has 0 spiro atoms. The highest BCUT2D eigenvalue weighted by Crippen LogP contribution is 2.36. The zero-order valence-electron chi connectivity index (χ0n) is 9.20. The van der Waals surface area contributed by atoms with Crippen LogP contribution in [0, 0.1) is 5.92 Å². The lowest BCUT2D eigenvalue weighted by Crippen LogP contribution is -2.07. The van der Waals surface area contributed by atoms with Crippen LogP contribution < -0.4 is 5.69 Å². The molecule has 0 radical (unpaired) electrons. The fourth-order valence-electron chi connectivity index (χ4n) is 2.28. The summed E-state index contributed by atoms with van der Waals surface area (Å²) >= 11 is 3.72. The number of alkyl halides is 1. The van der Waals surface area contributed by atoms with E-state index in [9.17, 15) is 4.79 Å². The maximum atomic E-state index is 11.2. The van der Waals surface area contributed by atoms with Crippen LogP contribution in [0.3, 0.4) is 0 Å². The van der Waals surface area contributed by atoms with Gasteiger partial charge < -0.3 is 14.7 Å². The highest BCUT2D eigenvalue weighted by Gasteiger charge is 2.25. The van der Waals surface area contributed by atoms with Gasteiger partial charge >= 0.3 is 5.69 Å². The van der Waals surface area contributed by atoms with Gasteiger partial charge in [-0.3, -0.25) is 0 Å². The number of imidazole rings is 1. The Kier molecular flexibility index (Phi) is 2.80. The number of halogens is 1. The van der Waals surface area contributed by atoms with Gasteiger partial charge in [-0.05, 0) is 24.1 Å². The topological polar surface area (TPSA) is 57.9 Å². The number of benzene rings is 1. The summed E-state index contributed by atoms with van der Waals surface area (Å²) in [5, 5.41) is 0. The molecule has 0 saturated carbocycles. The molecule has 1 aromatic carbocycles. The van der Waals surface area contributed by atoms with Crippen LogP contribution >= 0.6 is 15.9 Å². The van der Waals surface area contributed by atoms with Gasteiger partial charge in [0.05, 0.1) is 17.6 Å². The van der Waals surface area contributed by atoms with Crippen molar-refractivity contribution in [3.05, 3.63) is 34.2 Å². The van der Waals surface area contributed by atoms with Crippen molar-refractivity contribution in [2.24, 2.45) is 5.92 Å². The van der Waals surface area contributed by atoms with Gasteiger partial charge in [0.25, 0.3) is 0 Å². The van der Waals surface area contributed by atoms with E-state index < -0.39 is 0 Å². The number of rotatable bonds is 2. The van der Waals surface area contributed by atoms with Crippen molar-refractivity contribution in [1.29, 1.82) is 0 Å². The quantitative estimate of drug-likeness (QED) is 0.836. The summed E-state index contributed by atoms with van der Waals surface area (Å²) in [7, 11) is 0. The van der Waals surface area contributed by atoms with E-state index in [1.54, 1.807) is 0 Å². The number of aromatic nitrogens is 2. The Hall–Kier alpha value is -1.07. The van der Waals surface area contributed by atoms with Gasteiger partial charge in [0.15, 0.2) is 0 Å².